The molecule has 0 fully saturated rings. The third-order valence-electron chi connectivity index (χ3n) is 4.08. The molecular weight excluding hydrogens is 238 g/mol. The van der Waals surface area contributed by atoms with E-state index >= 15 is 0 Å². The van der Waals surface area contributed by atoms with Gasteiger partial charge >= 0.3 is 0 Å². The smallest absolute Gasteiger partial charge is 0.0522 e. The number of hydrogen-bond acceptors (Lipinski definition) is 4. The SMILES string of the molecule is CCN(CC)C(C)(C)C(Cc1cnn(CC)c1)NN. The highest BCUT2D eigenvalue weighted by Crippen LogP contribution is 2.21. The molecule has 0 aliphatic heterocycles. The fourth-order valence-corrected chi connectivity index (χ4v) is 2.69. The molecule has 1 atom stereocenters. The summed E-state index contributed by atoms with van der Waals surface area (Å²) >= 11 is 0. The number of nitrogens with zero attached hydrogens (tertiary/aromatic N) is 3. The predicted molar refractivity (Wildman–Crippen MR) is 79.7 cm³/mol. The number of rotatable bonds is 8. The molecule has 0 radical (unpaired) electrons. The molecule has 5 nitrogen and oxygen atoms in total. The maximum absolute atomic E-state index is 5.79. The van der Waals surface area contributed by atoms with Crippen molar-refractivity contribution >= 4 is 0 Å². The third-order valence-corrected chi connectivity index (χ3v) is 4.08. The molecule has 110 valence electrons. The van der Waals surface area contributed by atoms with Crippen molar-refractivity contribution in [1.29, 1.82) is 0 Å². The van der Waals surface area contributed by atoms with Crippen LogP contribution in [0.15, 0.2) is 12.4 Å². The van der Waals surface area contributed by atoms with Gasteiger partial charge in [0.15, 0.2) is 0 Å². The zero-order valence-electron chi connectivity index (χ0n) is 13.0. The summed E-state index contributed by atoms with van der Waals surface area (Å²) in [5.41, 5.74) is 4.22. The van der Waals surface area contributed by atoms with Gasteiger partial charge in [-0.25, -0.2) is 0 Å². The van der Waals surface area contributed by atoms with Crippen LogP contribution in [0.5, 0.6) is 0 Å². The van der Waals surface area contributed by atoms with Crippen LogP contribution in [0.25, 0.3) is 0 Å². The first-order valence-electron chi connectivity index (χ1n) is 7.22. The van der Waals surface area contributed by atoms with Crippen LogP contribution < -0.4 is 11.3 Å². The monoisotopic (exact) mass is 267 g/mol. The summed E-state index contributed by atoms with van der Waals surface area (Å²) in [6.45, 7) is 13.9. The van der Waals surface area contributed by atoms with Crippen molar-refractivity contribution in [1.82, 2.24) is 20.1 Å². The zero-order chi connectivity index (χ0) is 14.5. The van der Waals surface area contributed by atoms with Crippen LogP contribution in [-0.4, -0.2) is 39.4 Å². The molecule has 0 amide bonds. The Morgan fingerprint density at radius 2 is 2.00 bits per heavy atom. The fraction of sp³-hybridized carbons (Fsp3) is 0.786. The summed E-state index contributed by atoms with van der Waals surface area (Å²) in [4.78, 5) is 2.43. The lowest BCUT2D eigenvalue weighted by Crippen LogP contribution is -2.60. The van der Waals surface area contributed by atoms with E-state index in [1.807, 2.05) is 10.9 Å². The van der Waals surface area contributed by atoms with Crippen LogP contribution in [0.3, 0.4) is 0 Å². The van der Waals surface area contributed by atoms with Crippen molar-refractivity contribution < 1.29 is 0 Å². The normalized spacial score (nSPS) is 14.1. The molecule has 1 rings (SSSR count). The standard InChI is InChI=1S/C14H29N5/c1-6-18(7-2)14(4,5)13(17-15)9-12-10-16-19(8-3)11-12/h10-11,13,17H,6-9,15H2,1-5H3. The minimum atomic E-state index is 0.00651. The lowest BCUT2D eigenvalue weighted by molar-refractivity contribution is 0.0912. The molecule has 0 saturated carbocycles. The van der Waals surface area contributed by atoms with Gasteiger partial charge in [0.1, 0.15) is 0 Å². The van der Waals surface area contributed by atoms with E-state index in [-0.39, 0.29) is 11.6 Å². The molecule has 0 aromatic carbocycles. The van der Waals surface area contributed by atoms with Crippen molar-refractivity contribution in [3.8, 4) is 0 Å². The first-order valence-corrected chi connectivity index (χ1v) is 7.22. The molecular formula is C14H29N5. The predicted octanol–water partition coefficient (Wildman–Crippen LogP) is 1.40. The summed E-state index contributed by atoms with van der Waals surface area (Å²) in [6, 6.07) is 0.196. The number of likely N-dealkylation sites (N-methyl/N-ethyl adjacent to an activating group) is 1. The number of nitrogens with two attached hydrogens (primary N) is 1. The van der Waals surface area contributed by atoms with Crippen molar-refractivity contribution in [3.63, 3.8) is 0 Å². The van der Waals surface area contributed by atoms with Crippen LogP contribution in [0.1, 0.15) is 40.2 Å². The molecule has 0 aliphatic rings. The topological polar surface area (TPSA) is 59.1 Å². The number of hydrazine groups is 1. The number of aromatic nitrogens is 2. The quantitative estimate of drug-likeness (QED) is 0.552. The van der Waals surface area contributed by atoms with Gasteiger partial charge in [-0.3, -0.25) is 20.9 Å². The Labute approximate surface area is 117 Å². The number of aryl methyl sites for hydroxylation is 1. The average molecular weight is 267 g/mol. The van der Waals surface area contributed by atoms with E-state index in [9.17, 15) is 0 Å². The first kappa shape index (κ1) is 16.1. The van der Waals surface area contributed by atoms with Crippen molar-refractivity contribution in [3.05, 3.63) is 18.0 Å². The van der Waals surface area contributed by atoms with E-state index < -0.39 is 0 Å². The van der Waals surface area contributed by atoms with E-state index in [2.05, 4.69) is 56.2 Å². The Morgan fingerprint density at radius 1 is 1.37 bits per heavy atom. The second kappa shape index (κ2) is 7.03. The van der Waals surface area contributed by atoms with Crippen LogP contribution >= 0.6 is 0 Å². The molecule has 1 aromatic heterocycles. The highest BCUT2D eigenvalue weighted by Gasteiger charge is 2.33. The summed E-state index contributed by atoms with van der Waals surface area (Å²) in [5, 5.41) is 4.32. The summed E-state index contributed by atoms with van der Waals surface area (Å²) in [7, 11) is 0. The molecule has 1 unspecified atom stereocenters. The molecule has 0 saturated heterocycles. The van der Waals surface area contributed by atoms with Gasteiger partial charge in [-0.15, -0.1) is 0 Å². The third kappa shape index (κ3) is 3.78. The van der Waals surface area contributed by atoms with Crippen molar-refractivity contribution in [2.75, 3.05) is 13.1 Å². The lowest BCUT2D eigenvalue weighted by atomic mass is 9.88. The van der Waals surface area contributed by atoms with Crippen molar-refractivity contribution in [2.24, 2.45) is 5.84 Å². The first-order chi connectivity index (χ1) is 8.99. The fourth-order valence-electron chi connectivity index (χ4n) is 2.69. The minimum Gasteiger partial charge on any atom is -0.297 e. The molecule has 0 bridgehead atoms. The van der Waals surface area contributed by atoms with Gasteiger partial charge in [0, 0.05) is 24.3 Å². The molecule has 0 aliphatic carbocycles. The summed E-state index contributed by atoms with van der Waals surface area (Å²) < 4.78 is 1.95. The summed E-state index contributed by atoms with van der Waals surface area (Å²) in [5.74, 6) is 5.79. The van der Waals surface area contributed by atoms with E-state index in [0.717, 1.165) is 26.1 Å². The molecule has 1 aromatic rings. The van der Waals surface area contributed by atoms with Gasteiger partial charge in [-0.2, -0.15) is 5.10 Å². The molecule has 3 N–H and O–H groups in total. The highest BCUT2D eigenvalue weighted by atomic mass is 15.3. The van der Waals surface area contributed by atoms with Gasteiger partial charge in [-0.05, 0) is 45.8 Å². The van der Waals surface area contributed by atoms with Gasteiger partial charge in [0.05, 0.1) is 6.20 Å². The van der Waals surface area contributed by atoms with Crippen LogP contribution in [0.4, 0.5) is 0 Å². The molecule has 19 heavy (non-hydrogen) atoms. The second-order valence-corrected chi connectivity index (χ2v) is 5.45. The maximum Gasteiger partial charge on any atom is 0.0522 e. The van der Waals surface area contributed by atoms with Gasteiger partial charge in [-0.1, -0.05) is 13.8 Å². The Balaban J connectivity index is 2.81. The number of hydrogen-bond donors (Lipinski definition) is 2. The van der Waals surface area contributed by atoms with Gasteiger partial charge < -0.3 is 0 Å². The Hall–Kier alpha value is -0.910. The Bertz CT molecular complexity index is 368. The second-order valence-electron chi connectivity index (χ2n) is 5.45. The lowest BCUT2D eigenvalue weighted by Gasteiger charge is -2.43. The molecule has 1 heterocycles. The molecule has 5 heteroatoms. The van der Waals surface area contributed by atoms with E-state index in [0.29, 0.717) is 0 Å². The minimum absolute atomic E-state index is 0.00651. The largest absolute Gasteiger partial charge is 0.297 e. The Morgan fingerprint density at radius 3 is 2.42 bits per heavy atom. The average Bonchev–Trinajstić information content (AvgIpc) is 2.84. The zero-order valence-corrected chi connectivity index (χ0v) is 13.0. The van der Waals surface area contributed by atoms with E-state index in [4.69, 9.17) is 5.84 Å². The molecule has 0 spiro atoms. The van der Waals surface area contributed by atoms with Crippen LogP contribution in [0, 0.1) is 0 Å². The van der Waals surface area contributed by atoms with E-state index in [1.165, 1.54) is 5.56 Å². The van der Waals surface area contributed by atoms with Crippen molar-refractivity contribution in [2.45, 2.75) is 59.2 Å². The number of nitrogens with one attached hydrogen (secondary N) is 1. The van der Waals surface area contributed by atoms with Crippen LogP contribution in [0.2, 0.25) is 0 Å². The highest BCUT2D eigenvalue weighted by molar-refractivity contribution is 5.09. The van der Waals surface area contributed by atoms with Gasteiger partial charge in [0.2, 0.25) is 0 Å². The maximum atomic E-state index is 5.79. The van der Waals surface area contributed by atoms with E-state index in [1.54, 1.807) is 0 Å². The van der Waals surface area contributed by atoms with Crippen LogP contribution in [-0.2, 0) is 13.0 Å². The summed E-state index contributed by atoms with van der Waals surface area (Å²) in [6.07, 6.45) is 4.93. The Kier molecular flexibility index (Phi) is 5.97. The van der Waals surface area contributed by atoms with Gasteiger partial charge in [0.25, 0.3) is 0 Å².